The number of carbonyl (C=O) groups is 1. The second-order valence-electron chi connectivity index (χ2n) is 5.48. The lowest BCUT2D eigenvalue weighted by molar-refractivity contribution is -0.112. The number of rotatable bonds is 4. The van der Waals surface area contributed by atoms with Crippen molar-refractivity contribution >= 4 is 6.29 Å². The Kier molecular flexibility index (Phi) is 4.40. The van der Waals surface area contributed by atoms with Crippen LogP contribution in [-0.2, 0) is 4.79 Å². The molecule has 0 radical (unpaired) electrons. The van der Waals surface area contributed by atoms with Gasteiger partial charge in [-0.15, -0.1) is 0 Å². The minimum absolute atomic E-state index is 0.161. The fourth-order valence-electron chi connectivity index (χ4n) is 2.76. The Morgan fingerprint density at radius 1 is 1.39 bits per heavy atom. The number of ether oxygens (including phenoxy) is 1. The maximum atomic E-state index is 10.9. The van der Waals surface area contributed by atoms with Crippen molar-refractivity contribution in [2.45, 2.75) is 45.6 Å². The number of aryl methyl sites for hydroxylation is 1. The fourth-order valence-corrected chi connectivity index (χ4v) is 2.76. The van der Waals surface area contributed by atoms with Crippen molar-refractivity contribution in [1.29, 1.82) is 0 Å². The molecular weight excluding hydrogens is 224 g/mol. The highest BCUT2D eigenvalue weighted by Gasteiger charge is 2.26. The van der Waals surface area contributed by atoms with Gasteiger partial charge in [0.15, 0.2) is 0 Å². The third-order valence-electron chi connectivity index (χ3n) is 3.92. The molecule has 1 aliphatic rings. The lowest BCUT2D eigenvalue weighted by Gasteiger charge is -2.31. The second-order valence-corrected chi connectivity index (χ2v) is 5.48. The fraction of sp³-hybridized carbons (Fsp3) is 0.562. The van der Waals surface area contributed by atoms with Gasteiger partial charge in [0, 0.05) is 5.92 Å². The molecule has 0 bridgehead atoms. The Labute approximate surface area is 109 Å². The Bertz CT molecular complexity index is 400. The molecule has 18 heavy (non-hydrogen) atoms. The van der Waals surface area contributed by atoms with Gasteiger partial charge in [0.2, 0.25) is 0 Å². The van der Waals surface area contributed by atoms with E-state index in [-0.39, 0.29) is 12.0 Å². The SMILES string of the molecule is Cc1cccc(O[C@@H]2CCC[C@H]([C@H](C)C=O)C2)c1. The molecule has 1 aromatic carbocycles. The van der Waals surface area contributed by atoms with Gasteiger partial charge >= 0.3 is 0 Å². The third kappa shape index (κ3) is 3.34. The maximum absolute atomic E-state index is 10.9. The monoisotopic (exact) mass is 246 g/mol. The van der Waals surface area contributed by atoms with E-state index in [0.29, 0.717) is 5.92 Å². The van der Waals surface area contributed by atoms with Crippen LogP contribution in [0.5, 0.6) is 5.75 Å². The molecule has 0 saturated heterocycles. The first-order valence-electron chi connectivity index (χ1n) is 6.87. The van der Waals surface area contributed by atoms with Crippen LogP contribution in [0.2, 0.25) is 0 Å². The quantitative estimate of drug-likeness (QED) is 0.756. The van der Waals surface area contributed by atoms with Crippen LogP contribution >= 0.6 is 0 Å². The van der Waals surface area contributed by atoms with Crippen LogP contribution in [0.25, 0.3) is 0 Å². The van der Waals surface area contributed by atoms with Crippen molar-refractivity contribution in [3.63, 3.8) is 0 Å². The maximum Gasteiger partial charge on any atom is 0.123 e. The summed E-state index contributed by atoms with van der Waals surface area (Å²) in [5, 5.41) is 0. The first-order chi connectivity index (χ1) is 8.69. The van der Waals surface area contributed by atoms with Gasteiger partial charge in [0.05, 0.1) is 6.10 Å². The predicted molar refractivity (Wildman–Crippen MR) is 72.8 cm³/mol. The number of hydrogen-bond acceptors (Lipinski definition) is 2. The van der Waals surface area contributed by atoms with Crippen LogP contribution in [0, 0.1) is 18.8 Å². The molecule has 98 valence electrons. The summed E-state index contributed by atoms with van der Waals surface area (Å²) in [6.07, 6.45) is 5.80. The Balaban J connectivity index is 1.95. The summed E-state index contributed by atoms with van der Waals surface area (Å²) in [7, 11) is 0. The summed E-state index contributed by atoms with van der Waals surface area (Å²) >= 11 is 0. The molecule has 0 aliphatic heterocycles. The zero-order valence-electron chi connectivity index (χ0n) is 11.3. The minimum atomic E-state index is 0.161. The summed E-state index contributed by atoms with van der Waals surface area (Å²) < 4.78 is 6.05. The number of carbonyl (C=O) groups excluding carboxylic acids is 1. The van der Waals surface area contributed by atoms with E-state index < -0.39 is 0 Å². The molecule has 0 heterocycles. The zero-order valence-corrected chi connectivity index (χ0v) is 11.3. The lowest BCUT2D eigenvalue weighted by atomic mass is 9.80. The summed E-state index contributed by atoms with van der Waals surface area (Å²) in [5.74, 6) is 1.61. The Morgan fingerprint density at radius 3 is 2.94 bits per heavy atom. The predicted octanol–water partition coefficient (Wildman–Crippen LogP) is 3.77. The zero-order chi connectivity index (χ0) is 13.0. The summed E-state index contributed by atoms with van der Waals surface area (Å²) in [6.45, 7) is 4.09. The highest BCUT2D eigenvalue weighted by Crippen LogP contribution is 2.31. The van der Waals surface area contributed by atoms with Crippen LogP contribution < -0.4 is 4.74 Å². The van der Waals surface area contributed by atoms with Crippen molar-refractivity contribution in [3.8, 4) is 5.75 Å². The van der Waals surface area contributed by atoms with E-state index >= 15 is 0 Å². The number of benzene rings is 1. The van der Waals surface area contributed by atoms with Crippen LogP contribution in [0.15, 0.2) is 24.3 Å². The first kappa shape index (κ1) is 13.1. The Hall–Kier alpha value is -1.31. The van der Waals surface area contributed by atoms with Gasteiger partial charge in [0.25, 0.3) is 0 Å². The van der Waals surface area contributed by atoms with Crippen molar-refractivity contribution in [1.82, 2.24) is 0 Å². The van der Waals surface area contributed by atoms with Crippen LogP contribution in [0.1, 0.15) is 38.2 Å². The van der Waals surface area contributed by atoms with E-state index in [1.54, 1.807) is 0 Å². The second kappa shape index (κ2) is 6.03. The van der Waals surface area contributed by atoms with Crippen molar-refractivity contribution < 1.29 is 9.53 Å². The van der Waals surface area contributed by atoms with Crippen LogP contribution in [-0.4, -0.2) is 12.4 Å². The molecule has 2 nitrogen and oxygen atoms in total. The molecule has 0 N–H and O–H groups in total. The lowest BCUT2D eigenvalue weighted by Crippen LogP contribution is -2.29. The standard InChI is InChI=1S/C16H22O2/c1-12-5-3-7-15(9-12)18-16-8-4-6-14(10-16)13(2)11-17/h3,5,7,9,11,13-14,16H,4,6,8,10H2,1-2H3/t13-,14+,16-/m1/s1. The molecular formula is C16H22O2. The molecule has 3 atom stereocenters. The van der Waals surface area contributed by atoms with Crippen molar-refractivity contribution in [2.75, 3.05) is 0 Å². The topological polar surface area (TPSA) is 26.3 Å². The highest BCUT2D eigenvalue weighted by molar-refractivity contribution is 5.53. The molecule has 1 fully saturated rings. The van der Waals surface area contributed by atoms with Gasteiger partial charge in [-0.1, -0.05) is 19.1 Å². The average Bonchev–Trinajstić information content (AvgIpc) is 2.38. The van der Waals surface area contributed by atoms with E-state index in [1.165, 1.54) is 12.0 Å². The molecule has 1 aliphatic carbocycles. The highest BCUT2D eigenvalue weighted by atomic mass is 16.5. The molecule has 1 aromatic rings. The molecule has 2 heteroatoms. The van der Waals surface area contributed by atoms with E-state index in [9.17, 15) is 4.79 Å². The van der Waals surface area contributed by atoms with E-state index in [2.05, 4.69) is 19.1 Å². The van der Waals surface area contributed by atoms with Gasteiger partial charge < -0.3 is 9.53 Å². The number of aldehydes is 1. The van der Waals surface area contributed by atoms with Gasteiger partial charge in [0.1, 0.15) is 12.0 Å². The molecule has 0 spiro atoms. The number of hydrogen-bond donors (Lipinski definition) is 0. The summed E-state index contributed by atoms with van der Waals surface area (Å²) in [5.41, 5.74) is 1.22. The average molecular weight is 246 g/mol. The van der Waals surface area contributed by atoms with Gasteiger partial charge in [-0.2, -0.15) is 0 Å². The Morgan fingerprint density at radius 2 is 2.22 bits per heavy atom. The van der Waals surface area contributed by atoms with Crippen molar-refractivity contribution in [3.05, 3.63) is 29.8 Å². The van der Waals surface area contributed by atoms with Crippen LogP contribution in [0.3, 0.4) is 0 Å². The van der Waals surface area contributed by atoms with Crippen molar-refractivity contribution in [2.24, 2.45) is 11.8 Å². The van der Waals surface area contributed by atoms with Gasteiger partial charge in [-0.25, -0.2) is 0 Å². The van der Waals surface area contributed by atoms with Gasteiger partial charge in [-0.05, 0) is 56.2 Å². The molecule has 0 unspecified atom stereocenters. The molecule has 1 saturated carbocycles. The summed E-state index contributed by atoms with van der Waals surface area (Å²) in [4.78, 5) is 10.9. The van der Waals surface area contributed by atoms with E-state index in [0.717, 1.165) is 31.3 Å². The largest absolute Gasteiger partial charge is 0.490 e. The molecule has 0 amide bonds. The first-order valence-corrected chi connectivity index (χ1v) is 6.87. The normalized spacial score (nSPS) is 25.4. The summed E-state index contributed by atoms with van der Waals surface area (Å²) in [6, 6.07) is 8.19. The smallest absolute Gasteiger partial charge is 0.123 e. The third-order valence-corrected chi connectivity index (χ3v) is 3.92. The van der Waals surface area contributed by atoms with Crippen LogP contribution in [0.4, 0.5) is 0 Å². The van der Waals surface area contributed by atoms with Gasteiger partial charge in [-0.3, -0.25) is 0 Å². The molecule has 0 aromatic heterocycles. The minimum Gasteiger partial charge on any atom is -0.490 e. The van der Waals surface area contributed by atoms with E-state index in [1.807, 2.05) is 19.1 Å². The van der Waals surface area contributed by atoms with E-state index in [4.69, 9.17) is 4.74 Å². The molecule has 2 rings (SSSR count).